The predicted octanol–water partition coefficient (Wildman–Crippen LogP) is 2.68. The first-order valence-electron chi connectivity index (χ1n) is 8.97. The molecule has 0 fully saturated rings. The topological polar surface area (TPSA) is 103 Å². The molecule has 1 heterocycles. The first-order valence-corrected chi connectivity index (χ1v) is 10.4. The summed E-state index contributed by atoms with van der Waals surface area (Å²) in [6, 6.07) is 5.43. The van der Waals surface area contributed by atoms with Crippen LogP contribution >= 0.6 is 0 Å². The molecule has 0 saturated carbocycles. The van der Waals surface area contributed by atoms with Crippen LogP contribution in [0.2, 0.25) is 0 Å². The van der Waals surface area contributed by atoms with Crippen molar-refractivity contribution in [2.45, 2.75) is 51.0 Å². The first kappa shape index (κ1) is 21.1. The molecule has 0 saturated heterocycles. The van der Waals surface area contributed by atoms with Crippen molar-refractivity contribution in [1.29, 1.82) is 0 Å². The van der Waals surface area contributed by atoms with Crippen LogP contribution in [0.4, 0.5) is 0 Å². The van der Waals surface area contributed by atoms with Gasteiger partial charge in [-0.25, -0.2) is 13.4 Å². The second-order valence-corrected chi connectivity index (χ2v) is 9.03. The van der Waals surface area contributed by atoms with Gasteiger partial charge in [0.25, 0.3) is 0 Å². The van der Waals surface area contributed by atoms with Gasteiger partial charge in [-0.05, 0) is 30.0 Å². The van der Waals surface area contributed by atoms with Crippen LogP contribution in [-0.2, 0) is 27.7 Å². The highest BCUT2D eigenvalue weighted by Crippen LogP contribution is 2.21. The van der Waals surface area contributed by atoms with Crippen molar-refractivity contribution in [1.82, 2.24) is 14.3 Å². The molecular formula is C19H27N3O4S. The number of H-pyrrole nitrogens is 1. The van der Waals surface area contributed by atoms with Crippen LogP contribution in [0.5, 0.6) is 0 Å². The van der Waals surface area contributed by atoms with Crippen LogP contribution in [-0.4, -0.2) is 46.9 Å². The van der Waals surface area contributed by atoms with Gasteiger partial charge in [-0.15, -0.1) is 0 Å². The Labute approximate surface area is 160 Å². The van der Waals surface area contributed by atoms with Crippen LogP contribution in [0.25, 0.3) is 0 Å². The normalized spacial score (nSPS) is 13.3. The molecule has 27 heavy (non-hydrogen) atoms. The number of imidazole rings is 1. The molecule has 0 spiro atoms. The number of aryl methyl sites for hydroxylation is 1. The third kappa shape index (κ3) is 5.17. The van der Waals surface area contributed by atoms with Crippen molar-refractivity contribution in [3.05, 3.63) is 47.5 Å². The molecule has 2 rings (SSSR count). The van der Waals surface area contributed by atoms with Crippen molar-refractivity contribution in [3.8, 4) is 0 Å². The smallest absolute Gasteiger partial charge is 0.322 e. The molecule has 0 aliphatic heterocycles. The van der Waals surface area contributed by atoms with Gasteiger partial charge in [-0.3, -0.25) is 4.79 Å². The van der Waals surface area contributed by atoms with E-state index in [1.54, 1.807) is 18.3 Å². The number of benzene rings is 1. The summed E-state index contributed by atoms with van der Waals surface area (Å²) in [5.74, 6) is -0.165. The van der Waals surface area contributed by atoms with E-state index in [1.807, 2.05) is 20.8 Å². The first-order chi connectivity index (χ1) is 12.6. The molecule has 1 aromatic carbocycles. The number of aromatic nitrogens is 2. The van der Waals surface area contributed by atoms with E-state index in [2.05, 4.69) is 9.97 Å². The number of nitrogens with one attached hydrogen (secondary N) is 1. The summed E-state index contributed by atoms with van der Waals surface area (Å²) >= 11 is 0. The zero-order valence-corrected chi connectivity index (χ0v) is 17.0. The Morgan fingerprint density at radius 3 is 2.37 bits per heavy atom. The van der Waals surface area contributed by atoms with E-state index >= 15 is 0 Å². The van der Waals surface area contributed by atoms with Crippen molar-refractivity contribution in [2.24, 2.45) is 5.92 Å². The third-order valence-corrected chi connectivity index (χ3v) is 6.31. The Kier molecular flexibility index (Phi) is 6.78. The number of aliphatic carboxylic acids is 1. The number of sulfonamides is 1. The summed E-state index contributed by atoms with van der Waals surface area (Å²) in [5, 5.41) is 9.42. The average Bonchev–Trinajstić information content (AvgIpc) is 3.06. The monoisotopic (exact) mass is 393 g/mol. The van der Waals surface area contributed by atoms with Crippen LogP contribution < -0.4 is 0 Å². The molecule has 8 heteroatoms. The van der Waals surface area contributed by atoms with Gasteiger partial charge in [0.15, 0.2) is 0 Å². The van der Waals surface area contributed by atoms with Gasteiger partial charge in [-0.1, -0.05) is 32.9 Å². The van der Waals surface area contributed by atoms with Gasteiger partial charge in [0.2, 0.25) is 10.0 Å². The van der Waals surface area contributed by atoms with E-state index in [1.165, 1.54) is 19.2 Å². The number of hydrogen-bond donors (Lipinski definition) is 2. The fourth-order valence-electron chi connectivity index (χ4n) is 2.86. The number of hydrogen-bond acceptors (Lipinski definition) is 4. The quantitative estimate of drug-likeness (QED) is 0.682. The van der Waals surface area contributed by atoms with Crippen LogP contribution in [0, 0.1) is 5.92 Å². The molecule has 2 N–H and O–H groups in total. The highest BCUT2D eigenvalue weighted by Gasteiger charge is 2.33. The number of carboxylic acids is 1. The summed E-state index contributed by atoms with van der Waals surface area (Å²) in [4.78, 5) is 19.1. The van der Waals surface area contributed by atoms with Gasteiger partial charge >= 0.3 is 5.97 Å². The zero-order chi connectivity index (χ0) is 20.2. The van der Waals surface area contributed by atoms with Crippen molar-refractivity contribution in [2.75, 3.05) is 7.05 Å². The maximum atomic E-state index is 12.8. The Bertz CT molecular complexity index is 873. The fraction of sp³-hybridized carbons (Fsp3) is 0.474. The summed E-state index contributed by atoms with van der Waals surface area (Å²) in [5.41, 5.74) is 1.90. The number of carbonyl (C=O) groups is 1. The zero-order valence-electron chi connectivity index (χ0n) is 16.1. The number of likely N-dealkylation sites (N-methyl/N-ethyl adjacent to an activating group) is 1. The molecule has 7 nitrogen and oxygen atoms in total. The van der Waals surface area contributed by atoms with Crippen molar-refractivity contribution >= 4 is 16.0 Å². The highest BCUT2D eigenvalue weighted by molar-refractivity contribution is 7.89. The van der Waals surface area contributed by atoms with Crippen molar-refractivity contribution < 1.29 is 18.3 Å². The number of carboxylic acid groups (broad SMARTS) is 1. The summed E-state index contributed by atoms with van der Waals surface area (Å²) in [6.45, 7) is 5.75. The highest BCUT2D eigenvalue weighted by atomic mass is 32.2. The molecule has 0 unspecified atom stereocenters. The summed E-state index contributed by atoms with van der Waals surface area (Å²) in [7, 11) is -2.57. The van der Waals surface area contributed by atoms with E-state index in [0.717, 1.165) is 27.8 Å². The Morgan fingerprint density at radius 2 is 1.89 bits per heavy atom. The number of rotatable bonds is 9. The minimum atomic E-state index is -3.89. The lowest BCUT2D eigenvalue weighted by Gasteiger charge is -2.25. The average molecular weight is 394 g/mol. The lowest BCUT2D eigenvalue weighted by Crippen LogP contribution is -2.43. The van der Waals surface area contributed by atoms with E-state index in [9.17, 15) is 18.3 Å². The van der Waals surface area contributed by atoms with Crippen molar-refractivity contribution in [3.63, 3.8) is 0 Å². The minimum Gasteiger partial charge on any atom is -0.480 e. The van der Waals surface area contributed by atoms with E-state index in [-0.39, 0.29) is 17.2 Å². The van der Waals surface area contributed by atoms with Crippen LogP contribution in [0.15, 0.2) is 35.4 Å². The maximum absolute atomic E-state index is 12.8. The maximum Gasteiger partial charge on any atom is 0.322 e. The Balaban J connectivity index is 2.19. The van der Waals surface area contributed by atoms with Gasteiger partial charge < -0.3 is 10.1 Å². The SMILES string of the molecule is CCc1ncc(Cc2ccc(S(=O)(=O)N(C)[C@@H](CC(C)C)C(=O)O)cc2)[nH]1. The molecule has 1 aromatic heterocycles. The lowest BCUT2D eigenvalue weighted by molar-refractivity contribution is -0.141. The van der Waals surface area contributed by atoms with E-state index < -0.39 is 22.0 Å². The third-order valence-electron chi connectivity index (χ3n) is 4.43. The second-order valence-electron chi connectivity index (χ2n) is 7.03. The van der Waals surface area contributed by atoms with E-state index in [0.29, 0.717) is 6.42 Å². The summed E-state index contributed by atoms with van der Waals surface area (Å²) < 4.78 is 26.6. The van der Waals surface area contributed by atoms with Gasteiger partial charge in [0.1, 0.15) is 11.9 Å². The molecule has 148 valence electrons. The van der Waals surface area contributed by atoms with Gasteiger partial charge in [-0.2, -0.15) is 4.31 Å². The molecule has 1 atom stereocenters. The predicted molar refractivity (Wildman–Crippen MR) is 103 cm³/mol. The molecule has 0 aliphatic carbocycles. The standard InChI is InChI=1S/C19H27N3O4S/c1-5-18-20-12-15(21-18)11-14-6-8-16(9-7-14)27(25,26)22(4)17(19(23)24)10-13(2)3/h6-9,12-13,17H,5,10-11H2,1-4H3,(H,20,21)(H,23,24)/t17-/m0/s1. The largest absolute Gasteiger partial charge is 0.480 e. The Hall–Kier alpha value is -2.19. The lowest BCUT2D eigenvalue weighted by atomic mass is 10.0. The molecular weight excluding hydrogens is 366 g/mol. The molecule has 0 radical (unpaired) electrons. The van der Waals surface area contributed by atoms with Gasteiger partial charge in [0, 0.05) is 31.8 Å². The Morgan fingerprint density at radius 1 is 1.26 bits per heavy atom. The van der Waals surface area contributed by atoms with Gasteiger partial charge in [0.05, 0.1) is 4.90 Å². The number of nitrogens with zero attached hydrogens (tertiary/aromatic N) is 2. The molecule has 0 bridgehead atoms. The molecule has 2 aromatic rings. The molecule has 0 amide bonds. The molecule has 0 aliphatic rings. The second kappa shape index (κ2) is 8.67. The van der Waals surface area contributed by atoms with Crippen LogP contribution in [0.3, 0.4) is 0 Å². The summed E-state index contributed by atoms with van der Waals surface area (Å²) in [6.07, 6.45) is 3.47. The van der Waals surface area contributed by atoms with E-state index in [4.69, 9.17) is 0 Å². The fourth-order valence-corrected chi connectivity index (χ4v) is 4.18. The minimum absolute atomic E-state index is 0.0635. The number of aromatic amines is 1. The van der Waals surface area contributed by atoms with Crippen LogP contribution in [0.1, 0.15) is 44.3 Å².